The molecule has 2 aromatic rings. The molecule has 0 saturated carbocycles. The maximum Gasteiger partial charge on any atom is 0.262 e. The lowest BCUT2D eigenvalue weighted by Crippen LogP contribution is -1.93. The molecule has 0 aliphatic heterocycles. The summed E-state index contributed by atoms with van der Waals surface area (Å²) in [5.41, 5.74) is 0.222. The van der Waals surface area contributed by atoms with Crippen molar-refractivity contribution >= 4 is 30.6 Å². The van der Waals surface area contributed by atoms with Crippen LogP contribution in [0.4, 0.5) is 0 Å². The summed E-state index contributed by atoms with van der Waals surface area (Å²) in [4.78, 5) is 3.83. The smallest absolute Gasteiger partial charge is 0.262 e. The van der Waals surface area contributed by atoms with Gasteiger partial charge < -0.3 is 5.11 Å². The molecular weight excluding hydrogens is 238 g/mol. The predicted molar refractivity (Wildman–Crippen MR) is 56.4 cm³/mol. The first kappa shape index (κ1) is 10.2. The number of phenolic OH excluding ortho intramolecular Hbond substituents is 1. The highest BCUT2D eigenvalue weighted by atomic mass is 35.7. The van der Waals surface area contributed by atoms with Gasteiger partial charge in [-0.1, -0.05) is 12.1 Å². The molecule has 0 atom stereocenters. The van der Waals surface area contributed by atoms with Crippen molar-refractivity contribution in [3.8, 4) is 5.75 Å². The minimum absolute atomic E-state index is 0.0509. The number of fused-ring (bicyclic) bond motifs is 1. The first-order chi connectivity index (χ1) is 7.00. The van der Waals surface area contributed by atoms with Crippen molar-refractivity contribution in [3.05, 3.63) is 30.5 Å². The van der Waals surface area contributed by atoms with E-state index < -0.39 is 9.05 Å². The Labute approximate surface area is 90.6 Å². The van der Waals surface area contributed by atoms with E-state index in [1.807, 2.05) is 0 Å². The summed E-state index contributed by atoms with van der Waals surface area (Å²) in [6, 6.07) is 5.80. The fourth-order valence-electron chi connectivity index (χ4n) is 1.35. The first-order valence-corrected chi connectivity index (χ1v) is 6.32. The molecular formula is C9H6ClNO3S. The van der Waals surface area contributed by atoms with Crippen LogP contribution in [0.2, 0.25) is 0 Å². The van der Waals surface area contributed by atoms with Crippen LogP contribution in [-0.2, 0) is 9.05 Å². The van der Waals surface area contributed by atoms with Gasteiger partial charge in [-0.15, -0.1) is 0 Å². The molecule has 0 aliphatic carbocycles. The summed E-state index contributed by atoms with van der Waals surface area (Å²) in [5.74, 6) is -0.0744. The van der Waals surface area contributed by atoms with Crippen molar-refractivity contribution in [2.75, 3.05) is 0 Å². The molecule has 1 aromatic heterocycles. The van der Waals surface area contributed by atoms with E-state index in [9.17, 15) is 13.5 Å². The average molecular weight is 244 g/mol. The standard InChI is InChI=1S/C9H6ClNO3S/c10-15(13,14)8-4-5-11-9-6(8)2-1-3-7(9)12/h1-5,12H. The highest BCUT2D eigenvalue weighted by molar-refractivity contribution is 8.14. The summed E-state index contributed by atoms with van der Waals surface area (Å²) in [7, 11) is 1.43. The van der Waals surface area contributed by atoms with Gasteiger partial charge in [0.1, 0.15) is 11.3 Å². The molecule has 6 heteroatoms. The molecule has 0 fully saturated rings. The summed E-state index contributed by atoms with van der Waals surface area (Å²) >= 11 is 0. The number of halogens is 1. The topological polar surface area (TPSA) is 67.3 Å². The zero-order valence-corrected chi connectivity index (χ0v) is 8.96. The maximum absolute atomic E-state index is 11.2. The number of nitrogens with zero attached hydrogens (tertiary/aromatic N) is 1. The fraction of sp³-hybridized carbons (Fsp3) is 0. The van der Waals surface area contributed by atoms with Crippen molar-refractivity contribution in [1.29, 1.82) is 0 Å². The van der Waals surface area contributed by atoms with Gasteiger partial charge in [0.05, 0.1) is 4.90 Å². The van der Waals surface area contributed by atoms with E-state index >= 15 is 0 Å². The molecule has 0 spiro atoms. The second-order valence-electron chi connectivity index (χ2n) is 2.92. The van der Waals surface area contributed by atoms with Crippen molar-refractivity contribution in [1.82, 2.24) is 4.98 Å². The highest BCUT2D eigenvalue weighted by Crippen LogP contribution is 2.28. The van der Waals surface area contributed by atoms with Crippen LogP contribution in [0, 0.1) is 0 Å². The Bertz CT molecular complexity index is 624. The molecule has 1 heterocycles. The molecule has 1 aromatic carbocycles. The number of hydrogen-bond donors (Lipinski definition) is 1. The zero-order valence-electron chi connectivity index (χ0n) is 7.38. The molecule has 4 nitrogen and oxygen atoms in total. The van der Waals surface area contributed by atoms with Crippen molar-refractivity contribution in [2.45, 2.75) is 4.90 Å². The summed E-state index contributed by atoms with van der Waals surface area (Å²) < 4.78 is 22.4. The summed E-state index contributed by atoms with van der Waals surface area (Å²) in [6.07, 6.45) is 1.29. The van der Waals surface area contributed by atoms with Gasteiger partial charge in [0.15, 0.2) is 0 Å². The number of para-hydroxylation sites is 1. The van der Waals surface area contributed by atoms with Crippen molar-refractivity contribution < 1.29 is 13.5 Å². The third-order valence-electron chi connectivity index (χ3n) is 1.97. The second-order valence-corrected chi connectivity index (χ2v) is 5.45. The van der Waals surface area contributed by atoms with E-state index in [-0.39, 0.29) is 16.2 Å². The molecule has 78 valence electrons. The SMILES string of the molecule is O=S(=O)(Cl)c1ccnc2c(O)cccc12. The Hall–Kier alpha value is -1.33. The van der Waals surface area contributed by atoms with E-state index in [2.05, 4.69) is 4.98 Å². The van der Waals surface area contributed by atoms with Crippen LogP contribution >= 0.6 is 10.7 Å². The minimum Gasteiger partial charge on any atom is -0.506 e. The lowest BCUT2D eigenvalue weighted by Gasteiger charge is -2.03. The molecule has 0 aliphatic rings. The van der Waals surface area contributed by atoms with E-state index in [1.54, 1.807) is 0 Å². The number of pyridine rings is 1. The van der Waals surface area contributed by atoms with Crippen LogP contribution in [0.25, 0.3) is 10.9 Å². The van der Waals surface area contributed by atoms with Crippen molar-refractivity contribution in [3.63, 3.8) is 0 Å². The number of aromatic nitrogens is 1. The maximum atomic E-state index is 11.2. The Morgan fingerprint density at radius 3 is 2.67 bits per heavy atom. The Morgan fingerprint density at radius 2 is 2.00 bits per heavy atom. The van der Waals surface area contributed by atoms with Gasteiger partial charge in [0.2, 0.25) is 0 Å². The lowest BCUT2D eigenvalue weighted by atomic mass is 10.2. The monoisotopic (exact) mass is 243 g/mol. The largest absolute Gasteiger partial charge is 0.506 e. The number of rotatable bonds is 1. The fourth-order valence-corrected chi connectivity index (χ4v) is 2.40. The van der Waals surface area contributed by atoms with Crippen molar-refractivity contribution in [2.24, 2.45) is 0 Å². The van der Waals surface area contributed by atoms with Gasteiger partial charge in [0.25, 0.3) is 9.05 Å². The third kappa shape index (κ3) is 1.75. The minimum atomic E-state index is -3.83. The predicted octanol–water partition coefficient (Wildman–Crippen LogP) is 1.87. The van der Waals surface area contributed by atoms with Gasteiger partial charge in [0, 0.05) is 22.3 Å². The van der Waals surface area contributed by atoms with E-state index in [0.717, 1.165) is 0 Å². The molecule has 1 N–H and O–H groups in total. The van der Waals surface area contributed by atoms with Gasteiger partial charge in [-0.3, -0.25) is 4.98 Å². The van der Waals surface area contributed by atoms with Gasteiger partial charge in [-0.25, -0.2) is 8.42 Å². The van der Waals surface area contributed by atoms with E-state index in [0.29, 0.717) is 5.39 Å². The van der Waals surface area contributed by atoms with Gasteiger partial charge in [-0.05, 0) is 12.1 Å². The molecule has 15 heavy (non-hydrogen) atoms. The van der Waals surface area contributed by atoms with Crippen LogP contribution in [0.1, 0.15) is 0 Å². The van der Waals surface area contributed by atoms with Crippen LogP contribution in [0.15, 0.2) is 35.4 Å². The molecule has 0 saturated heterocycles. The number of hydrogen-bond acceptors (Lipinski definition) is 4. The van der Waals surface area contributed by atoms with Crippen LogP contribution in [-0.4, -0.2) is 18.5 Å². The lowest BCUT2D eigenvalue weighted by molar-refractivity contribution is 0.480. The van der Waals surface area contributed by atoms with Gasteiger partial charge in [-0.2, -0.15) is 0 Å². The number of phenols is 1. The molecule has 0 unspecified atom stereocenters. The summed E-state index contributed by atoms with van der Waals surface area (Å²) in [5, 5.41) is 9.77. The summed E-state index contributed by atoms with van der Waals surface area (Å²) in [6.45, 7) is 0. The number of benzene rings is 1. The van der Waals surface area contributed by atoms with Crippen LogP contribution in [0.3, 0.4) is 0 Å². The second kappa shape index (κ2) is 3.36. The Morgan fingerprint density at radius 1 is 1.27 bits per heavy atom. The molecule has 0 radical (unpaired) electrons. The average Bonchev–Trinajstić information content (AvgIpc) is 2.16. The molecule has 0 amide bonds. The normalized spacial score (nSPS) is 11.8. The van der Waals surface area contributed by atoms with Crippen LogP contribution < -0.4 is 0 Å². The van der Waals surface area contributed by atoms with E-state index in [4.69, 9.17) is 10.7 Å². The zero-order chi connectivity index (χ0) is 11.1. The van der Waals surface area contributed by atoms with Crippen LogP contribution in [0.5, 0.6) is 5.75 Å². The first-order valence-electron chi connectivity index (χ1n) is 4.01. The van der Waals surface area contributed by atoms with E-state index in [1.165, 1.54) is 30.5 Å². The Kier molecular flexibility index (Phi) is 2.28. The molecule has 2 rings (SSSR count). The third-order valence-corrected chi connectivity index (χ3v) is 3.35. The number of aromatic hydroxyl groups is 1. The van der Waals surface area contributed by atoms with Gasteiger partial charge >= 0.3 is 0 Å². The quantitative estimate of drug-likeness (QED) is 0.777. The molecule has 0 bridgehead atoms. The highest BCUT2D eigenvalue weighted by Gasteiger charge is 2.15. The Balaban J connectivity index is 2.96.